The molecule has 0 spiro atoms. The summed E-state index contributed by atoms with van der Waals surface area (Å²) in [4.78, 5) is 11.9. The molecule has 0 saturated heterocycles. The quantitative estimate of drug-likeness (QED) is 0.565. The zero-order valence-corrected chi connectivity index (χ0v) is 11.3. The van der Waals surface area contributed by atoms with Gasteiger partial charge in [0.25, 0.3) is 0 Å². The molecule has 4 nitrogen and oxygen atoms in total. The predicted octanol–water partition coefficient (Wildman–Crippen LogP) is 1.81. The molecule has 4 heteroatoms. The number of carbonyl (C=O) groups is 1. The Morgan fingerprint density at radius 2 is 2.11 bits per heavy atom. The number of carbonyl (C=O) groups excluding carboxylic acids is 1. The highest BCUT2D eigenvalue weighted by atomic mass is 16.5. The van der Waals surface area contributed by atoms with Crippen molar-refractivity contribution in [3.05, 3.63) is 29.3 Å². The van der Waals surface area contributed by atoms with E-state index in [0.29, 0.717) is 18.7 Å². The van der Waals surface area contributed by atoms with Gasteiger partial charge in [-0.25, -0.2) is 0 Å². The average molecular weight is 251 g/mol. The van der Waals surface area contributed by atoms with Crippen molar-refractivity contribution in [3.63, 3.8) is 0 Å². The lowest BCUT2D eigenvalue weighted by atomic mass is 10.1. The fourth-order valence-corrected chi connectivity index (χ4v) is 1.70. The third-order valence-electron chi connectivity index (χ3n) is 2.70. The summed E-state index contributed by atoms with van der Waals surface area (Å²) in [6.45, 7) is 3.79. The smallest absolute Gasteiger partial charge is 0.176 e. The molecule has 0 aliphatic rings. The van der Waals surface area contributed by atoms with Crippen molar-refractivity contribution in [2.75, 3.05) is 33.9 Å². The largest absolute Gasteiger partial charge is 0.496 e. The molecule has 0 bridgehead atoms. The molecular formula is C14H21NO3. The number of ketones is 1. The van der Waals surface area contributed by atoms with Crippen LogP contribution in [0.2, 0.25) is 0 Å². The van der Waals surface area contributed by atoms with Gasteiger partial charge in [0.05, 0.1) is 13.7 Å². The number of ether oxygens (including phenoxy) is 2. The Balaban J connectivity index is 2.44. The lowest BCUT2D eigenvalue weighted by Gasteiger charge is -2.07. The molecule has 0 heterocycles. The molecule has 1 N–H and O–H groups in total. The Kier molecular flexibility index (Phi) is 6.39. The Labute approximate surface area is 108 Å². The topological polar surface area (TPSA) is 47.6 Å². The Morgan fingerprint density at radius 1 is 1.33 bits per heavy atom. The summed E-state index contributed by atoms with van der Waals surface area (Å²) >= 11 is 0. The number of nitrogens with one attached hydrogen (secondary N) is 1. The van der Waals surface area contributed by atoms with Gasteiger partial charge in [-0.2, -0.15) is 0 Å². The van der Waals surface area contributed by atoms with Gasteiger partial charge in [0.1, 0.15) is 5.75 Å². The summed E-state index contributed by atoms with van der Waals surface area (Å²) in [5.41, 5.74) is 1.69. The SMILES string of the molecule is COCCCNCC(=O)c1ccc(OC)c(C)c1. The van der Waals surface area contributed by atoms with E-state index in [2.05, 4.69) is 5.32 Å². The molecule has 1 rings (SSSR count). The van der Waals surface area contributed by atoms with Crippen molar-refractivity contribution in [1.82, 2.24) is 5.32 Å². The first-order valence-corrected chi connectivity index (χ1v) is 6.06. The zero-order valence-electron chi connectivity index (χ0n) is 11.3. The highest BCUT2D eigenvalue weighted by Crippen LogP contribution is 2.18. The maximum atomic E-state index is 11.9. The van der Waals surface area contributed by atoms with Crippen LogP contribution in [0, 0.1) is 6.92 Å². The third kappa shape index (κ3) is 4.47. The highest BCUT2D eigenvalue weighted by molar-refractivity contribution is 5.97. The van der Waals surface area contributed by atoms with Crippen LogP contribution in [-0.4, -0.2) is 39.7 Å². The second kappa shape index (κ2) is 7.84. The molecule has 0 atom stereocenters. The van der Waals surface area contributed by atoms with Crippen molar-refractivity contribution in [3.8, 4) is 5.75 Å². The summed E-state index contributed by atoms with van der Waals surface area (Å²) in [6.07, 6.45) is 0.908. The first-order chi connectivity index (χ1) is 8.69. The van der Waals surface area contributed by atoms with E-state index >= 15 is 0 Å². The van der Waals surface area contributed by atoms with Crippen LogP contribution < -0.4 is 10.1 Å². The van der Waals surface area contributed by atoms with Gasteiger partial charge in [-0.3, -0.25) is 4.79 Å². The normalized spacial score (nSPS) is 10.4. The van der Waals surface area contributed by atoms with Crippen LogP contribution in [0.15, 0.2) is 18.2 Å². The summed E-state index contributed by atoms with van der Waals surface area (Å²) in [6, 6.07) is 5.48. The van der Waals surface area contributed by atoms with E-state index in [0.717, 1.165) is 24.3 Å². The molecule has 0 radical (unpaired) electrons. The van der Waals surface area contributed by atoms with Gasteiger partial charge < -0.3 is 14.8 Å². The minimum absolute atomic E-state index is 0.0955. The third-order valence-corrected chi connectivity index (χ3v) is 2.70. The van der Waals surface area contributed by atoms with Crippen LogP contribution in [0.3, 0.4) is 0 Å². The molecular weight excluding hydrogens is 230 g/mol. The maximum Gasteiger partial charge on any atom is 0.176 e. The predicted molar refractivity (Wildman–Crippen MR) is 71.4 cm³/mol. The number of rotatable bonds is 8. The highest BCUT2D eigenvalue weighted by Gasteiger charge is 2.07. The second-order valence-electron chi connectivity index (χ2n) is 4.13. The zero-order chi connectivity index (χ0) is 13.4. The molecule has 0 amide bonds. The Hall–Kier alpha value is -1.39. The molecule has 0 aliphatic carbocycles. The van der Waals surface area contributed by atoms with Crippen LogP contribution in [-0.2, 0) is 4.74 Å². The molecule has 1 aromatic carbocycles. The van der Waals surface area contributed by atoms with Crippen molar-refractivity contribution in [1.29, 1.82) is 0 Å². The monoisotopic (exact) mass is 251 g/mol. The van der Waals surface area contributed by atoms with Gasteiger partial charge >= 0.3 is 0 Å². The van der Waals surface area contributed by atoms with Crippen LogP contribution in [0.5, 0.6) is 5.75 Å². The van der Waals surface area contributed by atoms with Crippen LogP contribution in [0.1, 0.15) is 22.3 Å². The number of aryl methyl sites for hydroxylation is 1. The van der Waals surface area contributed by atoms with Gasteiger partial charge in [0, 0.05) is 19.3 Å². The molecule has 0 aromatic heterocycles. The maximum absolute atomic E-state index is 11.9. The van der Waals surface area contributed by atoms with Gasteiger partial charge in [-0.05, 0) is 43.7 Å². The van der Waals surface area contributed by atoms with Crippen molar-refractivity contribution in [2.45, 2.75) is 13.3 Å². The van der Waals surface area contributed by atoms with Crippen molar-refractivity contribution in [2.24, 2.45) is 0 Å². The summed E-state index contributed by atoms with van der Waals surface area (Å²) in [5.74, 6) is 0.901. The number of benzene rings is 1. The average Bonchev–Trinajstić information content (AvgIpc) is 2.38. The molecule has 0 aliphatic heterocycles. The minimum atomic E-state index is 0.0955. The van der Waals surface area contributed by atoms with E-state index in [1.54, 1.807) is 20.3 Å². The number of methoxy groups -OCH3 is 2. The van der Waals surface area contributed by atoms with E-state index in [1.807, 2.05) is 19.1 Å². The summed E-state index contributed by atoms with van der Waals surface area (Å²) in [7, 11) is 3.30. The van der Waals surface area contributed by atoms with Gasteiger partial charge in [-0.15, -0.1) is 0 Å². The number of hydrogen-bond donors (Lipinski definition) is 1. The van der Waals surface area contributed by atoms with E-state index in [4.69, 9.17) is 9.47 Å². The Bertz CT molecular complexity index is 391. The van der Waals surface area contributed by atoms with E-state index in [-0.39, 0.29) is 5.78 Å². The number of Topliss-reactive ketones (excluding diaryl/α,β-unsaturated/α-hetero) is 1. The molecule has 18 heavy (non-hydrogen) atoms. The first-order valence-electron chi connectivity index (χ1n) is 6.06. The summed E-state index contributed by atoms with van der Waals surface area (Å²) < 4.78 is 10.1. The van der Waals surface area contributed by atoms with Crippen LogP contribution in [0.4, 0.5) is 0 Å². The second-order valence-corrected chi connectivity index (χ2v) is 4.13. The van der Waals surface area contributed by atoms with Gasteiger partial charge in [-0.1, -0.05) is 0 Å². The van der Waals surface area contributed by atoms with Crippen molar-refractivity contribution >= 4 is 5.78 Å². The van der Waals surface area contributed by atoms with E-state index in [9.17, 15) is 4.79 Å². The molecule has 0 unspecified atom stereocenters. The number of hydrogen-bond acceptors (Lipinski definition) is 4. The molecule has 100 valence electrons. The fourth-order valence-electron chi connectivity index (χ4n) is 1.70. The minimum Gasteiger partial charge on any atom is -0.496 e. The van der Waals surface area contributed by atoms with E-state index in [1.165, 1.54) is 0 Å². The first kappa shape index (κ1) is 14.7. The molecule has 1 aromatic rings. The van der Waals surface area contributed by atoms with Gasteiger partial charge in [0.2, 0.25) is 0 Å². The van der Waals surface area contributed by atoms with Crippen LogP contribution in [0.25, 0.3) is 0 Å². The fraction of sp³-hybridized carbons (Fsp3) is 0.500. The molecule has 0 saturated carbocycles. The lowest BCUT2D eigenvalue weighted by Crippen LogP contribution is -2.24. The molecule has 0 fully saturated rings. The van der Waals surface area contributed by atoms with Crippen LogP contribution >= 0.6 is 0 Å². The van der Waals surface area contributed by atoms with E-state index < -0.39 is 0 Å². The lowest BCUT2D eigenvalue weighted by molar-refractivity contribution is 0.0989. The standard InChI is InChI=1S/C14H21NO3/c1-11-9-12(5-6-14(11)18-3)13(16)10-15-7-4-8-17-2/h5-6,9,15H,4,7-8,10H2,1-3H3. The summed E-state index contributed by atoms with van der Waals surface area (Å²) in [5, 5.41) is 3.11. The van der Waals surface area contributed by atoms with Gasteiger partial charge in [0.15, 0.2) is 5.78 Å². The Morgan fingerprint density at radius 3 is 2.72 bits per heavy atom. The van der Waals surface area contributed by atoms with Crippen molar-refractivity contribution < 1.29 is 14.3 Å².